The first-order valence-electron chi connectivity index (χ1n) is 10.3. The van der Waals surface area contributed by atoms with E-state index in [0.29, 0.717) is 19.2 Å². The zero-order chi connectivity index (χ0) is 19.8. The Kier molecular flexibility index (Phi) is 8.27. The van der Waals surface area contributed by atoms with Crippen molar-refractivity contribution in [1.29, 1.82) is 0 Å². The fourth-order valence-electron chi connectivity index (χ4n) is 3.93. The number of hydrogen-bond donors (Lipinski definition) is 1. The maximum Gasteiger partial charge on any atom is 0.123 e. The quantitative estimate of drug-likeness (QED) is 0.654. The van der Waals surface area contributed by atoms with Crippen LogP contribution in [0, 0.1) is 0 Å². The van der Waals surface area contributed by atoms with Crippen LogP contribution in [0.2, 0.25) is 0 Å². The lowest BCUT2D eigenvalue weighted by atomic mass is 9.94. The number of rotatable bonds is 10. The highest BCUT2D eigenvalue weighted by Gasteiger charge is 2.20. The van der Waals surface area contributed by atoms with Crippen LogP contribution in [0.5, 0.6) is 5.75 Å². The summed E-state index contributed by atoms with van der Waals surface area (Å²) in [5.41, 5.74) is 1.13. The molecule has 3 rings (SSSR count). The molecule has 1 aromatic heterocycles. The van der Waals surface area contributed by atoms with E-state index in [1.807, 2.05) is 29.8 Å². The van der Waals surface area contributed by atoms with Gasteiger partial charge < -0.3 is 14.7 Å². The second-order valence-corrected chi connectivity index (χ2v) is 8.88. The highest BCUT2D eigenvalue weighted by atomic mass is 32.1. The first-order chi connectivity index (χ1) is 13.6. The number of nitrogens with zero attached hydrogens (tertiary/aromatic N) is 3. The molecule has 1 saturated carbocycles. The van der Waals surface area contributed by atoms with Gasteiger partial charge in [0.15, 0.2) is 0 Å². The van der Waals surface area contributed by atoms with E-state index in [9.17, 15) is 5.11 Å². The molecule has 1 heterocycles. The number of hydrogen-bond acceptors (Lipinski definition) is 6. The minimum atomic E-state index is -0.479. The van der Waals surface area contributed by atoms with E-state index in [4.69, 9.17) is 4.74 Å². The summed E-state index contributed by atoms with van der Waals surface area (Å²) in [5, 5.41) is 13.6. The monoisotopic (exact) mass is 403 g/mol. The molecule has 1 unspecified atom stereocenters. The molecule has 0 amide bonds. The van der Waals surface area contributed by atoms with Gasteiger partial charge in [0, 0.05) is 36.3 Å². The van der Waals surface area contributed by atoms with Crippen LogP contribution in [0.15, 0.2) is 35.8 Å². The molecule has 1 N–H and O–H groups in total. The standard InChI is InChI=1S/C22H33N3O2S/c1-24(16-22-23-12-13-28-22)14-18-8-6-7-11-21(18)27-17-20(26)15-25(2)19-9-4-3-5-10-19/h6-8,11-13,19-20,26H,3-5,9-10,14-17H2,1-2H3. The fraction of sp³-hybridized carbons (Fsp3) is 0.591. The fourth-order valence-corrected chi connectivity index (χ4v) is 4.62. The van der Waals surface area contributed by atoms with Gasteiger partial charge in [0.1, 0.15) is 23.5 Å². The maximum absolute atomic E-state index is 10.5. The molecule has 0 radical (unpaired) electrons. The van der Waals surface area contributed by atoms with Gasteiger partial charge in [0.2, 0.25) is 0 Å². The average molecular weight is 404 g/mol. The van der Waals surface area contributed by atoms with Crippen LogP contribution < -0.4 is 4.74 Å². The molecule has 1 atom stereocenters. The molecule has 28 heavy (non-hydrogen) atoms. The number of likely N-dealkylation sites (N-methyl/N-ethyl adjacent to an activating group) is 1. The summed E-state index contributed by atoms with van der Waals surface area (Å²) in [6.45, 7) is 2.59. The second kappa shape index (κ2) is 10.9. The van der Waals surface area contributed by atoms with Crippen molar-refractivity contribution in [3.05, 3.63) is 46.4 Å². The summed E-state index contributed by atoms with van der Waals surface area (Å²) in [6.07, 6.45) is 7.83. The van der Waals surface area contributed by atoms with Gasteiger partial charge in [0.25, 0.3) is 0 Å². The Morgan fingerprint density at radius 3 is 2.71 bits per heavy atom. The molecule has 1 fully saturated rings. The predicted molar refractivity (Wildman–Crippen MR) is 115 cm³/mol. The summed E-state index contributed by atoms with van der Waals surface area (Å²) >= 11 is 1.68. The number of aliphatic hydroxyl groups is 1. The zero-order valence-electron chi connectivity index (χ0n) is 17.1. The van der Waals surface area contributed by atoms with E-state index in [0.717, 1.165) is 29.4 Å². The van der Waals surface area contributed by atoms with Gasteiger partial charge in [-0.2, -0.15) is 0 Å². The first kappa shape index (κ1) is 21.2. The van der Waals surface area contributed by atoms with Gasteiger partial charge in [-0.3, -0.25) is 4.90 Å². The van der Waals surface area contributed by atoms with Crippen molar-refractivity contribution in [1.82, 2.24) is 14.8 Å². The van der Waals surface area contributed by atoms with E-state index in [1.54, 1.807) is 11.3 Å². The molecule has 5 nitrogen and oxygen atoms in total. The van der Waals surface area contributed by atoms with Crippen molar-refractivity contribution in [3.63, 3.8) is 0 Å². The van der Waals surface area contributed by atoms with Gasteiger partial charge in [0.05, 0.1) is 6.54 Å². The topological polar surface area (TPSA) is 48.8 Å². The highest BCUT2D eigenvalue weighted by Crippen LogP contribution is 2.23. The number of thiazole rings is 1. The van der Waals surface area contributed by atoms with Crippen LogP contribution in [-0.4, -0.2) is 59.3 Å². The van der Waals surface area contributed by atoms with Crippen molar-refractivity contribution >= 4 is 11.3 Å². The van der Waals surface area contributed by atoms with E-state index >= 15 is 0 Å². The molecule has 0 aliphatic heterocycles. The summed E-state index contributed by atoms with van der Waals surface area (Å²) in [7, 11) is 4.22. The lowest BCUT2D eigenvalue weighted by molar-refractivity contribution is 0.0556. The minimum absolute atomic E-state index is 0.324. The van der Waals surface area contributed by atoms with Crippen molar-refractivity contribution in [2.75, 3.05) is 27.2 Å². The Labute approximate surface area is 173 Å². The molecular formula is C22H33N3O2S. The second-order valence-electron chi connectivity index (χ2n) is 7.90. The molecule has 1 aliphatic rings. The molecule has 154 valence electrons. The Morgan fingerprint density at radius 2 is 1.96 bits per heavy atom. The third kappa shape index (κ3) is 6.55. The van der Waals surface area contributed by atoms with Gasteiger partial charge in [-0.1, -0.05) is 37.5 Å². The smallest absolute Gasteiger partial charge is 0.123 e. The number of ether oxygens (including phenoxy) is 1. The Hall–Kier alpha value is -1.47. The molecule has 2 aromatic rings. The van der Waals surface area contributed by atoms with E-state index in [1.165, 1.54) is 32.1 Å². The molecule has 1 aliphatic carbocycles. The van der Waals surface area contributed by atoms with E-state index in [-0.39, 0.29) is 0 Å². The molecule has 0 bridgehead atoms. The minimum Gasteiger partial charge on any atom is -0.491 e. The Balaban J connectivity index is 1.48. The van der Waals surface area contributed by atoms with Crippen LogP contribution in [0.3, 0.4) is 0 Å². The SMILES string of the molecule is CN(Cc1nccs1)Cc1ccccc1OCC(O)CN(C)C1CCCCC1. The number of benzene rings is 1. The molecule has 6 heteroatoms. The van der Waals surface area contributed by atoms with Crippen LogP contribution in [-0.2, 0) is 13.1 Å². The van der Waals surface area contributed by atoms with Crippen molar-refractivity contribution < 1.29 is 9.84 Å². The molecular weight excluding hydrogens is 370 g/mol. The van der Waals surface area contributed by atoms with E-state index < -0.39 is 6.10 Å². The average Bonchev–Trinajstić information content (AvgIpc) is 3.21. The predicted octanol–water partition coefficient (Wildman–Crippen LogP) is 3.78. The third-order valence-corrected chi connectivity index (χ3v) is 6.19. The van der Waals surface area contributed by atoms with Crippen LogP contribution in [0.4, 0.5) is 0 Å². The summed E-state index contributed by atoms with van der Waals surface area (Å²) in [4.78, 5) is 8.89. The zero-order valence-corrected chi connectivity index (χ0v) is 17.9. The van der Waals surface area contributed by atoms with Crippen molar-refractivity contribution in [2.45, 2.75) is 57.3 Å². The Morgan fingerprint density at radius 1 is 1.18 bits per heavy atom. The van der Waals surface area contributed by atoms with Gasteiger partial charge >= 0.3 is 0 Å². The van der Waals surface area contributed by atoms with Crippen molar-refractivity contribution in [2.24, 2.45) is 0 Å². The first-order valence-corrected chi connectivity index (χ1v) is 11.2. The lowest BCUT2D eigenvalue weighted by Gasteiger charge is -2.32. The highest BCUT2D eigenvalue weighted by molar-refractivity contribution is 7.09. The summed E-state index contributed by atoms with van der Waals surface area (Å²) < 4.78 is 6.01. The summed E-state index contributed by atoms with van der Waals surface area (Å²) in [5.74, 6) is 0.854. The largest absolute Gasteiger partial charge is 0.491 e. The Bertz CT molecular complexity index is 689. The van der Waals surface area contributed by atoms with E-state index in [2.05, 4.69) is 34.9 Å². The van der Waals surface area contributed by atoms with Gasteiger partial charge in [-0.15, -0.1) is 11.3 Å². The van der Waals surface area contributed by atoms with Crippen LogP contribution >= 0.6 is 11.3 Å². The molecule has 0 saturated heterocycles. The molecule has 0 spiro atoms. The van der Waals surface area contributed by atoms with Crippen LogP contribution in [0.1, 0.15) is 42.7 Å². The van der Waals surface area contributed by atoms with Gasteiger partial charge in [-0.05, 0) is 33.0 Å². The maximum atomic E-state index is 10.5. The van der Waals surface area contributed by atoms with Crippen LogP contribution in [0.25, 0.3) is 0 Å². The third-order valence-electron chi connectivity index (χ3n) is 5.43. The van der Waals surface area contributed by atoms with Crippen molar-refractivity contribution in [3.8, 4) is 5.75 Å². The molecule has 1 aromatic carbocycles. The lowest BCUT2D eigenvalue weighted by Crippen LogP contribution is -2.40. The van der Waals surface area contributed by atoms with Gasteiger partial charge in [-0.25, -0.2) is 4.98 Å². The normalized spacial score (nSPS) is 16.6. The number of para-hydroxylation sites is 1. The summed E-state index contributed by atoms with van der Waals surface area (Å²) in [6, 6.07) is 8.71. The number of aromatic nitrogens is 1. The number of aliphatic hydroxyl groups excluding tert-OH is 1.